The van der Waals surface area contributed by atoms with Gasteiger partial charge in [0.05, 0.1) is 0 Å². The Hall–Kier alpha value is -1.30. The van der Waals surface area contributed by atoms with Crippen molar-refractivity contribution in [3.8, 4) is 0 Å². The second-order valence-corrected chi connectivity index (χ2v) is 4.33. The molecule has 0 bridgehead atoms. The number of allylic oxidation sites excluding steroid dienone is 9. The molecule has 0 aromatic carbocycles. The van der Waals surface area contributed by atoms with E-state index in [0.717, 1.165) is 0 Å². The van der Waals surface area contributed by atoms with Crippen LogP contribution in [0.5, 0.6) is 0 Å². The smallest absolute Gasteiger partial charge is 0.0348 e. The van der Waals surface area contributed by atoms with Gasteiger partial charge in [-0.05, 0) is 12.8 Å². The fraction of sp³-hybridized carbons (Fsp3) is 0.444. The van der Waals surface area contributed by atoms with Gasteiger partial charge in [0, 0.05) is 0 Å². The minimum atomic E-state index is 1.20. The van der Waals surface area contributed by atoms with Gasteiger partial charge >= 0.3 is 0 Å². The lowest BCUT2D eigenvalue weighted by molar-refractivity contribution is 0.611. The van der Waals surface area contributed by atoms with Crippen LogP contribution in [-0.4, -0.2) is 0 Å². The van der Waals surface area contributed by atoms with E-state index in [1.165, 1.54) is 51.0 Å². The average Bonchev–Trinajstić information content (AvgIpc) is 2.39. The van der Waals surface area contributed by atoms with E-state index >= 15 is 0 Å². The third-order valence-corrected chi connectivity index (χ3v) is 2.64. The topological polar surface area (TPSA) is 0 Å². The summed E-state index contributed by atoms with van der Waals surface area (Å²) in [5, 5.41) is 0. The van der Waals surface area contributed by atoms with Gasteiger partial charge in [-0.2, -0.15) is 0 Å². The number of unbranched alkanes of at least 4 members (excludes halogenated alkanes) is 6. The summed E-state index contributed by atoms with van der Waals surface area (Å²) in [5.74, 6) is 0. The Bertz CT molecular complexity index is 276. The highest BCUT2D eigenvalue weighted by Gasteiger charge is 1.87. The summed E-state index contributed by atoms with van der Waals surface area (Å²) in [4.78, 5) is 0. The van der Waals surface area contributed by atoms with Crippen LogP contribution >= 0.6 is 0 Å². The van der Waals surface area contributed by atoms with Crippen molar-refractivity contribution >= 4 is 0 Å². The van der Waals surface area contributed by atoms with E-state index in [1.54, 1.807) is 6.08 Å². The average molecular weight is 243 g/mol. The SMILES string of the molecule is [CH]=C\C=C/C=C\C=C\C=C/CCCCCCCC. The van der Waals surface area contributed by atoms with Gasteiger partial charge in [0.15, 0.2) is 0 Å². The lowest BCUT2D eigenvalue weighted by Crippen LogP contribution is -1.77. The first kappa shape index (κ1) is 16.7. The van der Waals surface area contributed by atoms with E-state index in [2.05, 4.69) is 25.2 Å². The predicted octanol–water partition coefficient (Wildman–Crippen LogP) is 5.95. The molecule has 0 fully saturated rings. The second-order valence-electron chi connectivity index (χ2n) is 4.33. The van der Waals surface area contributed by atoms with Gasteiger partial charge in [-0.3, -0.25) is 0 Å². The summed E-state index contributed by atoms with van der Waals surface area (Å²) >= 11 is 0. The van der Waals surface area contributed by atoms with Crippen molar-refractivity contribution in [3.05, 3.63) is 61.3 Å². The largest absolute Gasteiger partial charge is 0.0845 e. The first-order chi connectivity index (χ1) is 8.91. The number of hydrogen-bond acceptors (Lipinski definition) is 0. The second kappa shape index (κ2) is 15.7. The minimum absolute atomic E-state index is 1.20. The van der Waals surface area contributed by atoms with Crippen LogP contribution in [0, 0.1) is 6.58 Å². The molecular formula is C18H27. The predicted molar refractivity (Wildman–Crippen MR) is 83.4 cm³/mol. The van der Waals surface area contributed by atoms with Gasteiger partial charge in [-0.15, -0.1) is 0 Å². The molecule has 0 heterocycles. The van der Waals surface area contributed by atoms with Crippen LogP contribution < -0.4 is 0 Å². The Labute approximate surface area is 113 Å². The summed E-state index contributed by atoms with van der Waals surface area (Å²) in [7, 11) is 0. The van der Waals surface area contributed by atoms with Crippen molar-refractivity contribution in [2.45, 2.75) is 51.9 Å². The molecule has 99 valence electrons. The maximum absolute atomic E-state index is 5.20. The van der Waals surface area contributed by atoms with Gasteiger partial charge in [0.1, 0.15) is 0 Å². The molecule has 0 saturated carbocycles. The van der Waals surface area contributed by atoms with Crippen molar-refractivity contribution in [3.63, 3.8) is 0 Å². The third-order valence-electron chi connectivity index (χ3n) is 2.64. The lowest BCUT2D eigenvalue weighted by Gasteiger charge is -1.97. The molecule has 0 N–H and O–H groups in total. The highest BCUT2D eigenvalue weighted by Crippen LogP contribution is 2.07. The Balaban J connectivity index is 3.37. The van der Waals surface area contributed by atoms with Crippen LogP contribution in [0.2, 0.25) is 0 Å². The van der Waals surface area contributed by atoms with Crippen LogP contribution in [0.1, 0.15) is 51.9 Å². The normalized spacial score (nSPS) is 12.5. The molecule has 0 amide bonds. The van der Waals surface area contributed by atoms with Crippen LogP contribution in [0.3, 0.4) is 0 Å². The van der Waals surface area contributed by atoms with Gasteiger partial charge in [-0.25, -0.2) is 0 Å². The van der Waals surface area contributed by atoms with Crippen LogP contribution in [0.15, 0.2) is 54.7 Å². The molecule has 1 radical (unpaired) electrons. The molecule has 0 aliphatic heterocycles. The van der Waals surface area contributed by atoms with Crippen molar-refractivity contribution in [1.82, 2.24) is 0 Å². The molecule has 0 heteroatoms. The van der Waals surface area contributed by atoms with Gasteiger partial charge in [-0.1, -0.05) is 100 Å². The molecule has 0 aromatic heterocycles. The van der Waals surface area contributed by atoms with E-state index < -0.39 is 0 Å². The summed E-state index contributed by atoms with van der Waals surface area (Å²) in [6.07, 6.45) is 27.0. The Morgan fingerprint density at radius 3 is 1.89 bits per heavy atom. The maximum Gasteiger partial charge on any atom is -0.0348 e. The van der Waals surface area contributed by atoms with Gasteiger partial charge in [0.2, 0.25) is 0 Å². The summed E-state index contributed by atoms with van der Waals surface area (Å²) in [6.45, 7) is 7.46. The third kappa shape index (κ3) is 14.7. The first-order valence-electron chi connectivity index (χ1n) is 7.12. The molecule has 0 unspecified atom stereocenters. The molecule has 0 aliphatic carbocycles. The van der Waals surface area contributed by atoms with Crippen LogP contribution in [-0.2, 0) is 0 Å². The molecule has 0 atom stereocenters. The quantitative estimate of drug-likeness (QED) is 0.310. The van der Waals surface area contributed by atoms with E-state index in [0.29, 0.717) is 0 Å². The summed E-state index contributed by atoms with van der Waals surface area (Å²) in [6, 6.07) is 0. The Kier molecular flexibility index (Phi) is 14.6. The maximum atomic E-state index is 5.20. The Morgan fingerprint density at radius 2 is 1.22 bits per heavy atom. The summed E-state index contributed by atoms with van der Waals surface area (Å²) in [5.41, 5.74) is 0. The van der Waals surface area contributed by atoms with Crippen LogP contribution in [0.25, 0.3) is 0 Å². The van der Waals surface area contributed by atoms with Gasteiger partial charge in [0.25, 0.3) is 0 Å². The molecule has 0 aromatic rings. The molecular weight excluding hydrogens is 216 g/mol. The fourth-order valence-corrected chi connectivity index (χ4v) is 1.60. The van der Waals surface area contributed by atoms with Crippen molar-refractivity contribution < 1.29 is 0 Å². The van der Waals surface area contributed by atoms with Gasteiger partial charge < -0.3 is 0 Å². The van der Waals surface area contributed by atoms with E-state index in [1.807, 2.05) is 24.3 Å². The minimum Gasteiger partial charge on any atom is -0.0845 e. The van der Waals surface area contributed by atoms with Crippen molar-refractivity contribution in [1.29, 1.82) is 0 Å². The summed E-state index contributed by atoms with van der Waals surface area (Å²) < 4.78 is 0. The fourth-order valence-electron chi connectivity index (χ4n) is 1.60. The highest BCUT2D eigenvalue weighted by molar-refractivity contribution is 5.16. The zero-order valence-corrected chi connectivity index (χ0v) is 11.7. The zero-order valence-electron chi connectivity index (χ0n) is 11.7. The molecule has 0 saturated heterocycles. The number of rotatable bonds is 11. The standard InChI is InChI=1S/C18H27/c1-3-5-7-9-11-13-15-17-18-16-14-12-10-8-6-4-2/h1,3,5,7,9,11,13,15,17-18H,4,6,8,10,12,14,16H2,2H3/b3-1?,7-5-,11-9-,15-13+,18-17-. The molecule has 0 rings (SSSR count). The van der Waals surface area contributed by atoms with Crippen molar-refractivity contribution in [2.24, 2.45) is 0 Å². The monoisotopic (exact) mass is 243 g/mol. The van der Waals surface area contributed by atoms with Crippen molar-refractivity contribution in [2.75, 3.05) is 0 Å². The molecule has 0 spiro atoms. The molecule has 0 aliphatic rings. The van der Waals surface area contributed by atoms with E-state index in [9.17, 15) is 0 Å². The zero-order chi connectivity index (χ0) is 13.3. The highest BCUT2D eigenvalue weighted by atomic mass is 13.9. The van der Waals surface area contributed by atoms with Crippen LogP contribution in [0.4, 0.5) is 0 Å². The Morgan fingerprint density at radius 1 is 0.667 bits per heavy atom. The number of hydrogen-bond donors (Lipinski definition) is 0. The van der Waals surface area contributed by atoms with E-state index in [-0.39, 0.29) is 0 Å². The first-order valence-corrected chi connectivity index (χ1v) is 7.12. The molecule has 0 nitrogen and oxygen atoms in total. The lowest BCUT2D eigenvalue weighted by atomic mass is 10.1. The van der Waals surface area contributed by atoms with E-state index in [4.69, 9.17) is 6.58 Å². The molecule has 18 heavy (non-hydrogen) atoms.